The summed E-state index contributed by atoms with van der Waals surface area (Å²) >= 11 is 1.58. The van der Waals surface area contributed by atoms with Gasteiger partial charge in [-0.15, -0.1) is 10.2 Å². The van der Waals surface area contributed by atoms with Crippen LogP contribution >= 0.6 is 11.3 Å². The zero-order chi connectivity index (χ0) is 12.5. The number of anilines is 1. The zero-order valence-corrected chi connectivity index (χ0v) is 11.2. The van der Waals surface area contributed by atoms with Crippen LogP contribution < -0.4 is 5.32 Å². The molecule has 0 aliphatic carbocycles. The molecule has 1 N–H and O–H groups in total. The van der Waals surface area contributed by atoms with Crippen molar-refractivity contribution >= 4 is 27.4 Å². The Morgan fingerprint density at radius 3 is 2.89 bits per heavy atom. The number of para-hydroxylation sites is 1. The molecule has 0 amide bonds. The van der Waals surface area contributed by atoms with E-state index in [0.29, 0.717) is 0 Å². The summed E-state index contributed by atoms with van der Waals surface area (Å²) in [6, 6.07) is 8.42. The van der Waals surface area contributed by atoms with E-state index >= 15 is 0 Å². The summed E-state index contributed by atoms with van der Waals surface area (Å²) in [4.78, 5) is 0. The van der Waals surface area contributed by atoms with Gasteiger partial charge >= 0.3 is 0 Å². The summed E-state index contributed by atoms with van der Waals surface area (Å²) in [5.41, 5.74) is 2.53. The number of aryl methyl sites for hydroxylation is 2. The molecule has 4 nitrogen and oxygen atoms in total. The van der Waals surface area contributed by atoms with E-state index in [0.717, 1.165) is 16.7 Å². The molecule has 0 aliphatic rings. The van der Waals surface area contributed by atoms with E-state index in [1.165, 1.54) is 16.5 Å². The highest BCUT2D eigenvalue weighted by Crippen LogP contribution is 2.22. The van der Waals surface area contributed by atoms with Gasteiger partial charge in [0.25, 0.3) is 0 Å². The molecule has 0 bridgehead atoms. The predicted molar refractivity (Wildman–Crippen MR) is 74.9 cm³/mol. The average molecular weight is 258 g/mol. The highest BCUT2D eigenvalue weighted by Gasteiger charge is 2.06. The molecule has 3 aromatic rings. The fourth-order valence-electron chi connectivity index (χ4n) is 2.11. The molecule has 0 atom stereocenters. The van der Waals surface area contributed by atoms with Crippen molar-refractivity contribution in [1.29, 1.82) is 0 Å². The fraction of sp³-hybridized carbons (Fsp3) is 0.231. The summed E-state index contributed by atoms with van der Waals surface area (Å²) in [6.45, 7) is 2.73. The Hall–Kier alpha value is -1.88. The topological polar surface area (TPSA) is 42.7 Å². The minimum atomic E-state index is 0.774. The van der Waals surface area contributed by atoms with Crippen LogP contribution in [0.1, 0.15) is 10.6 Å². The molecule has 5 heteroatoms. The molecule has 2 heterocycles. The van der Waals surface area contributed by atoms with Crippen LogP contribution in [0.5, 0.6) is 0 Å². The number of rotatable bonds is 3. The number of hydrogen-bond acceptors (Lipinski definition) is 4. The van der Waals surface area contributed by atoms with Crippen molar-refractivity contribution in [3.8, 4) is 0 Å². The number of nitrogens with one attached hydrogen (secondary N) is 1. The standard InChI is InChI=1S/C13H14N4S/c1-9-15-16-13(18-9)14-7-10-8-17(2)12-6-4-3-5-11(10)12/h3-6,8H,7H2,1-2H3,(H,14,16). The number of benzene rings is 1. The Kier molecular flexibility index (Phi) is 2.76. The molecule has 1 aromatic carbocycles. The lowest BCUT2D eigenvalue weighted by Gasteiger charge is -2.00. The Labute approximate surface area is 109 Å². The second-order valence-electron chi connectivity index (χ2n) is 4.26. The summed E-state index contributed by atoms with van der Waals surface area (Å²) < 4.78 is 2.15. The van der Waals surface area contributed by atoms with Crippen molar-refractivity contribution in [2.75, 3.05) is 5.32 Å². The first-order valence-corrected chi connectivity index (χ1v) is 6.62. The Morgan fingerprint density at radius 1 is 1.28 bits per heavy atom. The first-order valence-electron chi connectivity index (χ1n) is 5.81. The molecular formula is C13H14N4S. The number of fused-ring (bicyclic) bond motifs is 1. The van der Waals surface area contributed by atoms with Gasteiger partial charge in [0, 0.05) is 30.7 Å². The number of nitrogens with zero attached hydrogens (tertiary/aromatic N) is 3. The second kappa shape index (κ2) is 4.42. The second-order valence-corrected chi connectivity index (χ2v) is 5.44. The molecule has 2 aromatic heterocycles. The Balaban J connectivity index is 1.86. The normalized spacial score (nSPS) is 11.0. The molecule has 18 heavy (non-hydrogen) atoms. The van der Waals surface area contributed by atoms with Gasteiger partial charge in [-0.3, -0.25) is 0 Å². The lowest BCUT2D eigenvalue weighted by atomic mass is 10.2. The van der Waals surface area contributed by atoms with Crippen molar-refractivity contribution in [3.05, 3.63) is 41.0 Å². The van der Waals surface area contributed by atoms with Crippen LogP contribution in [0.3, 0.4) is 0 Å². The third-order valence-corrected chi connectivity index (χ3v) is 3.73. The lowest BCUT2D eigenvalue weighted by molar-refractivity contribution is 0.953. The van der Waals surface area contributed by atoms with E-state index in [4.69, 9.17) is 0 Å². The van der Waals surface area contributed by atoms with E-state index in [9.17, 15) is 0 Å². The van der Waals surface area contributed by atoms with Crippen molar-refractivity contribution in [2.45, 2.75) is 13.5 Å². The molecule has 0 spiro atoms. The van der Waals surface area contributed by atoms with E-state index in [1.807, 2.05) is 6.92 Å². The minimum absolute atomic E-state index is 0.774. The quantitative estimate of drug-likeness (QED) is 0.785. The van der Waals surface area contributed by atoms with Gasteiger partial charge in [0.1, 0.15) is 5.01 Å². The maximum absolute atomic E-state index is 4.07. The highest BCUT2D eigenvalue weighted by atomic mass is 32.1. The molecular weight excluding hydrogens is 244 g/mol. The van der Waals surface area contributed by atoms with Crippen LogP contribution in [-0.4, -0.2) is 14.8 Å². The van der Waals surface area contributed by atoms with E-state index in [1.54, 1.807) is 11.3 Å². The van der Waals surface area contributed by atoms with Crippen LogP contribution in [0, 0.1) is 6.92 Å². The molecule has 92 valence electrons. The van der Waals surface area contributed by atoms with Gasteiger partial charge in [-0.2, -0.15) is 0 Å². The van der Waals surface area contributed by atoms with Crippen LogP contribution in [0.2, 0.25) is 0 Å². The summed E-state index contributed by atoms with van der Waals surface area (Å²) in [6.07, 6.45) is 2.16. The molecule has 0 saturated carbocycles. The number of hydrogen-bond donors (Lipinski definition) is 1. The van der Waals surface area contributed by atoms with Crippen LogP contribution in [-0.2, 0) is 13.6 Å². The SMILES string of the molecule is Cc1nnc(NCc2cn(C)c3ccccc23)s1. The molecule has 3 rings (SSSR count). The van der Waals surface area contributed by atoms with E-state index in [-0.39, 0.29) is 0 Å². The molecule has 0 unspecified atom stereocenters. The number of aromatic nitrogens is 3. The maximum Gasteiger partial charge on any atom is 0.205 e. The summed E-state index contributed by atoms with van der Waals surface area (Å²) in [7, 11) is 2.07. The van der Waals surface area contributed by atoms with Crippen molar-refractivity contribution < 1.29 is 0 Å². The zero-order valence-electron chi connectivity index (χ0n) is 10.3. The van der Waals surface area contributed by atoms with Gasteiger partial charge in [-0.25, -0.2) is 0 Å². The first kappa shape index (κ1) is 11.2. The van der Waals surface area contributed by atoms with Crippen molar-refractivity contribution in [2.24, 2.45) is 7.05 Å². The Bertz CT molecular complexity index is 683. The maximum atomic E-state index is 4.07. The van der Waals surface area contributed by atoms with Crippen molar-refractivity contribution in [1.82, 2.24) is 14.8 Å². The average Bonchev–Trinajstić information content (AvgIpc) is 2.92. The van der Waals surface area contributed by atoms with Gasteiger partial charge in [-0.05, 0) is 18.6 Å². The lowest BCUT2D eigenvalue weighted by Crippen LogP contribution is -1.98. The van der Waals surface area contributed by atoms with Crippen molar-refractivity contribution in [3.63, 3.8) is 0 Å². The molecule has 0 fully saturated rings. The Morgan fingerprint density at radius 2 is 2.11 bits per heavy atom. The van der Waals surface area contributed by atoms with Crippen LogP contribution in [0.4, 0.5) is 5.13 Å². The molecule has 0 saturated heterocycles. The monoisotopic (exact) mass is 258 g/mol. The molecule has 0 radical (unpaired) electrons. The largest absolute Gasteiger partial charge is 0.356 e. The smallest absolute Gasteiger partial charge is 0.205 e. The predicted octanol–water partition coefficient (Wildman–Crippen LogP) is 2.95. The third kappa shape index (κ3) is 1.97. The third-order valence-electron chi connectivity index (χ3n) is 2.94. The van der Waals surface area contributed by atoms with Gasteiger partial charge < -0.3 is 9.88 Å². The van der Waals surface area contributed by atoms with E-state index in [2.05, 4.69) is 57.6 Å². The van der Waals surface area contributed by atoms with Gasteiger partial charge in [0.2, 0.25) is 5.13 Å². The van der Waals surface area contributed by atoms with Crippen LogP contribution in [0.25, 0.3) is 10.9 Å². The molecule has 0 aliphatic heterocycles. The van der Waals surface area contributed by atoms with E-state index < -0.39 is 0 Å². The first-order chi connectivity index (χ1) is 8.74. The highest BCUT2D eigenvalue weighted by molar-refractivity contribution is 7.15. The fourth-order valence-corrected chi connectivity index (χ4v) is 2.69. The summed E-state index contributed by atoms with van der Waals surface area (Å²) in [5, 5.41) is 14.5. The van der Waals surface area contributed by atoms with Gasteiger partial charge in [0.15, 0.2) is 0 Å². The summed E-state index contributed by atoms with van der Waals surface area (Å²) in [5.74, 6) is 0. The van der Waals surface area contributed by atoms with Crippen LogP contribution in [0.15, 0.2) is 30.5 Å². The minimum Gasteiger partial charge on any atom is -0.356 e. The van der Waals surface area contributed by atoms with Gasteiger partial charge in [-0.1, -0.05) is 29.5 Å². The van der Waals surface area contributed by atoms with Gasteiger partial charge in [0.05, 0.1) is 0 Å².